The first-order valence-electron chi connectivity index (χ1n) is 6.77. The van der Waals surface area contributed by atoms with Gasteiger partial charge in [0, 0.05) is 29.2 Å². The van der Waals surface area contributed by atoms with E-state index in [0.717, 1.165) is 28.4 Å². The Bertz CT molecular complexity index is 735. The standard InChI is InChI=1S/C17H17N3O/c1-21-16-8-7-15(18)11-14(16)12-20-10-9-19-17(20)13-5-3-2-4-6-13/h2-11H,12,18H2,1H3. The Morgan fingerprint density at radius 3 is 2.71 bits per heavy atom. The molecule has 3 rings (SSSR count). The molecule has 0 amide bonds. The highest BCUT2D eigenvalue weighted by atomic mass is 16.5. The van der Waals surface area contributed by atoms with E-state index in [4.69, 9.17) is 10.5 Å². The Morgan fingerprint density at radius 2 is 1.95 bits per heavy atom. The van der Waals surface area contributed by atoms with Gasteiger partial charge in [-0.3, -0.25) is 0 Å². The second-order valence-electron chi connectivity index (χ2n) is 4.82. The Kier molecular flexibility index (Phi) is 3.60. The minimum atomic E-state index is 0.665. The molecule has 1 heterocycles. The van der Waals surface area contributed by atoms with E-state index in [1.54, 1.807) is 13.3 Å². The van der Waals surface area contributed by atoms with Gasteiger partial charge in [0.2, 0.25) is 0 Å². The Morgan fingerprint density at radius 1 is 1.14 bits per heavy atom. The summed E-state index contributed by atoms with van der Waals surface area (Å²) in [6.07, 6.45) is 3.77. The van der Waals surface area contributed by atoms with Gasteiger partial charge >= 0.3 is 0 Å². The first-order valence-corrected chi connectivity index (χ1v) is 6.77. The van der Waals surface area contributed by atoms with Crippen LogP contribution < -0.4 is 10.5 Å². The Labute approximate surface area is 123 Å². The van der Waals surface area contributed by atoms with Crippen LogP contribution in [0.25, 0.3) is 11.4 Å². The maximum absolute atomic E-state index is 5.88. The highest BCUT2D eigenvalue weighted by Gasteiger charge is 2.09. The predicted octanol–water partition coefficient (Wildman–Crippen LogP) is 3.19. The van der Waals surface area contributed by atoms with E-state index < -0.39 is 0 Å². The van der Waals surface area contributed by atoms with Crippen LogP contribution in [0.2, 0.25) is 0 Å². The second-order valence-corrected chi connectivity index (χ2v) is 4.82. The fourth-order valence-corrected chi connectivity index (χ4v) is 2.39. The second kappa shape index (κ2) is 5.71. The molecule has 0 spiro atoms. The highest BCUT2D eigenvalue weighted by molar-refractivity contribution is 5.56. The van der Waals surface area contributed by atoms with Gasteiger partial charge in [-0.05, 0) is 18.2 Å². The zero-order valence-electron chi connectivity index (χ0n) is 11.9. The van der Waals surface area contributed by atoms with Crippen molar-refractivity contribution in [3.05, 3.63) is 66.5 Å². The number of anilines is 1. The number of hydrogen-bond acceptors (Lipinski definition) is 3. The van der Waals surface area contributed by atoms with Crippen molar-refractivity contribution in [3.8, 4) is 17.1 Å². The summed E-state index contributed by atoms with van der Waals surface area (Å²) < 4.78 is 7.50. The van der Waals surface area contributed by atoms with Gasteiger partial charge in [0.25, 0.3) is 0 Å². The fourth-order valence-electron chi connectivity index (χ4n) is 2.39. The van der Waals surface area contributed by atoms with Crippen LogP contribution in [0.4, 0.5) is 5.69 Å². The molecule has 0 fully saturated rings. The van der Waals surface area contributed by atoms with Gasteiger partial charge in [-0.25, -0.2) is 4.98 Å². The van der Waals surface area contributed by atoms with Gasteiger partial charge < -0.3 is 15.0 Å². The number of methoxy groups -OCH3 is 1. The van der Waals surface area contributed by atoms with Crippen molar-refractivity contribution in [2.75, 3.05) is 12.8 Å². The summed E-state index contributed by atoms with van der Waals surface area (Å²) in [6, 6.07) is 15.8. The molecule has 0 radical (unpaired) electrons. The van der Waals surface area contributed by atoms with E-state index in [1.165, 1.54) is 0 Å². The first kappa shape index (κ1) is 13.2. The minimum absolute atomic E-state index is 0.665. The molecule has 0 bridgehead atoms. The quantitative estimate of drug-likeness (QED) is 0.746. The van der Waals surface area contributed by atoms with Crippen LogP contribution in [0.5, 0.6) is 5.75 Å². The van der Waals surface area contributed by atoms with Crippen LogP contribution in [0.15, 0.2) is 60.9 Å². The van der Waals surface area contributed by atoms with E-state index in [1.807, 2.05) is 42.6 Å². The number of rotatable bonds is 4. The minimum Gasteiger partial charge on any atom is -0.496 e. The summed E-state index contributed by atoms with van der Waals surface area (Å²) in [6.45, 7) is 0.665. The molecule has 106 valence electrons. The van der Waals surface area contributed by atoms with Crippen molar-refractivity contribution in [1.82, 2.24) is 9.55 Å². The molecule has 0 atom stereocenters. The lowest BCUT2D eigenvalue weighted by Crippen LogP contribution is -2.03. The molecule has 0 unspecified atom stereocenters. The maximum Gasteiger partial charge on any atom is 0.140 e. The number of hydrogen-bond donors (Lipinski definition) is 1. The van der Waals surface area contributed by atoms with Crippen molar-refractivity contribution in [2.45, 2.75) is 6.54 Å². The lowest BCUT2D eigenvalue weighted by molar-refractivity contribution is 0.408. The summed E-state index contributed by atoms with van der Waals surface area (Å²) in [5.41, 5.74) is 8.73. The number of imidazole rings is 1. The third-order valence-corrected chi connectivity index (χ3v) is 3.39. The summed E-state index contributed by atoms with van der Waals surface area (Å²) in [5.74, 6) is 1.76. The molecule has 0 aliphatic heterocycles. The zero-order valence-corrected chi connectivity index (χ0v) is 11.9. The Hall–Kier alpha value is -2.75. The topological polar surface area (TPSA) is 53.1 Å². The summed E-state index contributed by atoms with van der Waals surface area (Å²) >= 11 is 0. The molecule has 2 aromatic carbocycles. The van der Waals surface area contributed by atoms with Gasteiger partial charge in [-0.15, -0.1) is 0 Å². The highest BCUT2D eigenvalue weighted by Crippen LogP contribution is 2.24. The van der Waals surface area contributed by atoms with Gasteiger partial charge in [-0.1, -0.05) is 30.3 Å². The van der Waals surface area contributed by atoms with Crippen LogP contribution in [0.3, 0.4) is 0 Å². The molecular weight excluding hydrogens is 262 g/mol. The Balaban J connectivity index is 1.97. The number of benzene rings is 2. The molecule has 3 aromatic rings. The van der Waals surface area contributed by atoms with E-state index in [9.17, 15) is 0 Å². The summed E-state index contributed by atoms with van der Waals surface area (Å²) in [4.78, 5) is 4.45. The van der Waals surface area contributed by atoms with E-state index in [2.05, 4.69) is 21.7 Å². The average molecular weight is 279 g/mol. The van der Waals surface area contributed by atoms with Crippen LogP contribution in [0, 0.1) is 0 Å². The normalized spacial score (nSPS) is 10.5. The van der Waals surface area contributed by atoms with Gasteiger partial charge in [0.15, 0.2) is 0 Å². The number of nitrogens with zero attached hydrogens (tertiary/aromatic N) is 2. The zero-order chi connectivity index (χ0) is 14.7. The number of aromatic nitrogens is 2. The molecule has 0 aliphatic carbocycles. The van der Waals surface area contributed by atoms with Crippen molar-refractivity contribution >= 4 is 5.69 Å². The lowest BCUT2D eigenvalue weighted by atomic mass is 10.1. The van der Waals surface area contributed by atoms with Crippen LogP contribution in [-0.2, 0) is 6.54 Å². The largest absolute Gasteiger partial charge is 0.496 e. The monoisotopic (exact) mass is 279 g/mol. The van der Waals surface area contributed by atoms with E-state index in [-0.39, 0.29) is 0 Å². The van der Waals surface area contributed by atoms with Crippen molar-refractivity contribution in [1.29, 1.82) is 0 Å². The molecule has 4 heteroatoms. The average Bonchev–Trinajstić information content (AvgIpc) is 2.96. The van der Waals surface area contributed by atoms with Crippen LogP contribution in [0.1, 0.15) is 5.56 Å². The van der Waals surface area contributed by atoms with E-state index in [0.29, 0.717) is 6.54 Å². The molecule has 2 N–H and O–H groups in total. The van der Waals surface area contributed by atoms with Gasteiger partial charge in [0.1, 0.15) is 11.6 Å². The summed E-state index contributed by atoms with van der Waals surface area (Å²) in [7, 11) is 1.67. The number of ether oxygens (including phenoxy) is 1. The summed E-state index contributed by atoms with van der Waals surface area (Å²) in [5, 5.41) is 0. The van der Waals surface area contributed by atoms with Crippen LogP contribution >= 0.6 is 0 Å². The number of nitrogens with two attached hydrogens (primary N) is 1. The third kappa shape index (κ3) is 2.74. The van der Waals surface area contributed by atoms with Crippen LogP contribution in [-0.4, -0.2) is 16.7 Å². The van der Waals surface area contributed by atoms with Gasteiger partial charge in [-0.2, -0.15) is 0 Å². The molecular formula is C17H17N3O. The van der Waals surface area contributed by atoms with E-state index >= 15 is 0 Å². The lowest BCUT2D eigenvalue weighted by Gasteiger charge is -2.12. The van der Waals surface area contributed by atoms with Crippen molar-refractivity contribution in [3.63, 3.8) is 0 Å². The van der Waals surface area contributed by atoms with Crippen molar-refractivity contribution in [2.24, 2.45) is 0 Å². The molecule has 0 saturated carbocycles. The maximum atomic E-state index is 5.88. The first-order chi connectivity index (χ1) is 10.3. The third-order valence-electron chi connectivity index (χ3n) is 3.39. The molecule has 21 heavy (non-hydrogen) atoms. The molecule has 0 saturated heterocycles. The SMILES string of the molecule is COc1ccc(N)cc1Cn1ccnc1-c1ccccc1. The van der Waals surface area contributed by atoms with Gasteiger partial charge in [0.05, 0.1) is 13.7 Å². The molecule has 0 aliphatic rings. The molecule has 4 nitrogen and oxygen atoms in total. The predicted molar refractivity (Wildman–Crippen MR) is 84.2 cm³/mol. The number of nitrogen functional groups attached to an aromatic ring is 1. The fraction of sp³-hybridized carbons (Fsp3) is 0.118. The van der Waals surface area contributed by atoms with Crippen molar-refractivity contribution < 1.29 is 4.74 Å². The molecule has 1 aromatic heterocycles. The smallest absolute Gasteiger partial charge is 0.140 e.